The third-order valence-electron chi connectivity index (χ3n) is 4.48. The van der Waals surface area contributed by atoms with Gasteiger partial charge in [0.1, 0.15) is 0 Å². The van der Waals surface area contributed by atoms with Crippen molar-refractivity contribution < 1.29 is 13.9 Å². The van der Waals surface area contributed by atoms with Gasteiger partial charge in [0, 0.05) is 6.54 Å². The second-order valence-corrected chi connectivity index (χ2v) is 8.04. The van der Waals surface area contributed by atoms with Crippen LogP contribution in [-0.2, 0) is 13.9 Å². The Morgan fingerprint density at radius 1 is 0.857 bits per heavy atom. The van der Waals surface area contributed by atoms with Crippen molar-refractivity contribution in [1.29, 1.82) is 0 Å². The summed E-state index contributed by atoms with van der Waals surface area (Å²) in [5.41, 5.74) is 5.54. The summed E-state index contributed by atoms with van der Waals surface area (Å²) in [5.74, 6) is -0.243. The van der Waals surface area contributed by atoms with E-state index in [1.807, 2.05) is 6.08 Å². The Kier molecular flexibility index (Phi) is 15.6. The fourth-order valence-electron chi connectivity index (χ4n) is 2.58. The zero-order chi connectivity index (χ0) is 21.4. The second kappa shape index (κ2) is 16.4. The number of allylic oxidation sites excluding steroid dienone is 7. The number of hydrogen-bond acceptors (Lipinski definition) is 3. The SMILES string of the molecule is CC(C)=CCC/C(C)=C/CC/C(C)=C/CC/C(C)=C/CNC(=O)C(C)O[PH+]=O. The first-order valence-electron chi connectivity index (χ1n) is 10.2. The van der Waals surface area contributed by atoms with Crippen molar-refractivity contribution in [2.24, 2.45) is 0 Å². The Morgan fingerprint density at radius 3 is 1.79 bits per heavy atom. The number of rotatable bonds is 14. The standard InChI is InChI=1S/C23H38NO3P/c1-18(2)10-7-11-19(3)12-8-13-20(4)14-9-15-21(5)16-17-24-23(25)22(6)27-28-26/h10,12,14,16,22,28H,7-9,11,13,15,17H2,1-6H3/p+1/b19-12+,20-14+,21-16+. The minimum Gasteiger partial charge on any atom is -0.350 e. The lowest BCUT2D eigenvalue weighted by atomic mass is 10.0. The van der Waals surface area contributed by atoms with Crippen molar-refractivity contribution >= 4 is 14.6 Å². The first-order valence-corrected chi connectivity index (χ1v) is 11.0. The number of carbonyl (C=O) groups is 1. The highest BCUT2D eigenvalue weighted by molar-refractivity contribution is 7.17. The first kappa shape index (κ1) is 26.5. The molecule has 28 heavy (non-hydrogen) atoms. The van der Waals surface area contributed by atoms with Crippen molar-refractivity contribution in [3.05, 3.63) is 46.6 Å². The summed E-state index contributed by atoms with van der Waals surface area (Å²) in [4.78, 5) is 11.6. The highest BCUT2D eigenvalue weighted by atomic mass is 31.1. The van der Waals surface area contributed by atoms with Crippen LogP contribution in [0.2, 0.25) is 0 Å². The van der Waals surface area contributed by atoms with Crippen LogP contribution in [0, 0.1) is 0 Å². The molecule has 0 aromatic heterocycles. The van der Waals surface area contributed by atoms with Crippen molar-refractivity contribution in [3.63, 3.8) is 0 Å². The minimum absolute atomic E-state index is 0.243. The van der Waals surface area contributed by atoms with Gasteiger partial charge in [-0.05, 0) is 84.6 Å². The summed E-state index contributed by atoms with van der Waals surface area (Å²) < 4.78 is 15.1. The van der Waals surface area contributed by atoms with Crippen LogP contribution < -0.4 is 5.32 Å². The monoisotopic (exact) mass is 408 g/mol. The molecule has 158 valence electrons. The van der Waals surface area contributed by atoms with Crippen LogP contribution in [0.3, 0.4) is 0 Å². The maximum absolute atomic E-state index is 11.6. The van der Waals surface area contributed by atoms with Gasteiger partial charge in [0.15, 0.2) is 6.10 Å². The minimum atomic E-state index is -0.913. The predicted molar refractivity (Wildman–Crippen MR) is 121 cm³/mol. The number of nitrogens with one attached hydrogen (secondary N) is 1. The van der Waals surface area contributed by atoms with E-state index in [4.69, 9.17) is 4.52 Å². The highest BCUT2D eigenvalue weighted by Crippen LogP contribution is 2.13. The molecule has 0 saturated heterocycles. The smallest absolute Gasteiger partial charge is 0.350 e. The molecule has 0 bridgehead atoms. The molecule has 0 fully saturated rings. The molecule has 0 aliphatic rings. The zero-order valence-electron chi connectivity index (χ0n) is 18.6. The summed E-state index contributed by atoms with van der Waals surface area (Å²) in [7, 11) is -0.913. The van der Waals surface area contributed by atoms with Gasteiger partial charge in [-0.1, -0.05) is 46.6 Å². The normalized spacial score (nSPS) is 14.1. The van der Waals surface area contributed by atoms with Crippen LogP contribution in [0.1, 0.15) is 80.1 Å². The van der Waals surface area contributed by atoms with Crippen molar-refractivity contribution in [3.8, 4) is 0 Å². The number of hydrogen-bond donors (Lipinski definition) is 1. The molecule has 0 radical (unpaired) electrons. The van der Waals surface area contributed by atoms with E-state index in [1.54, 1.807) is 6.92 Å². The van der Waals surface area contributed by atoms with Crippen LogP contribution in [-0.4, -0.2) is 18.6 Å². The molecular weight excluding hydrogens is 369 g/mol. The summed E-state index contributed by atoms with van der Waals surface area (Å²) >= 11 is 0. The lowest BCUT2D eigenvalue weighted by molar-refractivity contribution is -0.126. The van der Waals surface area contributed by atoms with E-state index in [0.29, 0.717) is 6.54 Å². The van der Waals surface area contributed by atoms with Gasteiger partial charge in [-0.3, -0.25) is 4.79 Å². The fraction of sp³-hybridized carbons (Fsp3) is 0.609. The summed E-state index contributed by atoms with van der Waals surface area (Å²) in [6, 6.07) is 0. The predicted octanol–water partition coefficient (Wildman–Crippen LogP) is 6.59. The Bertz CT molecular complexity index is 599. The van der Waals surface area contributed by atoms with Crippen molar-refractivity contribution in [2.75, 3.05) is 6.54 Å². The van der Waals surface area contributed by atoms with Crippen LogP contribution in [0.25, 0.3) is 0 Å². The van der Waals surface area contributed by atoms with Crippen molar-refractivity contribution in [2.45, 2.75) is 86.2 Å². The number of amides is 1. The van der Waals surface area contributed by atoms with Crippen molar-refractivity contribution in [1.82, 2.24) is 5.32 Å². The molecule has 0 rings (SSSR count). The molecule has 0 aromatic carbocycles. The molecule has 2 atom stereocenters. The van der Waals surface area contributed by atoms with Crippen LogP contribution in [0.5, 0.6) is 0 Å². The lowest BCUT2D eigenvalue weighted by Gasteiger charge is -2.05. The van der Waals surface area contributed by atoms with Gasteiger partial charge in [-0.25, -0.2) is 0 Å². The largest absolute Gasteiger partial charge is 0.494 e. The molecule has 0 heterocycles. The van der Waals surface area contributed by atoms with Gasteiger partial charge in [-0.15, -0.1) is 4.52 Å². The van der Waals surface area contributed by atoms with Gasteiger partial charge < -0.3 is 5.32 Å². The second-order valence-electron chi connectivity index (χ2n) is 7.64. The molecule has 4 nitrogen and oxygen atoms in total. The highest BCUT2D eigenvalue weighted by Gasteiger charge is 2.16. The van der Waals surface area contributed by atoms with E-state index in [-0.39, 0.29) is 5.91 Å². The van der Waals surface area contributed by atoms with Gasteiger partial charge in [0.25, 0.3) is 5.91 Å². The van der Waals surface area contributed by atoms with Crippen LogP contribution in [0.15, 0.2) is 46.6 Å². The topological polar surface area (TPSA) is 55.4 Å². The average molecular weight is 409 g/mol. The lowest BCUT2D eigenvalue weighted by Crippen LogP contribution is -2.33. The Labute approximate surface area is 173 Å². The Morgan fingerprint density at radius 2 is 1.32 bits per heavy atom. The van der Waals surface area contributed by atoms with E-state index in [9.17, 15) is 9.36 Å². The molecule has 1 amide bonds. The molecule has 0 aliphatic carbocycles. The van der Waals surface area contributed by atoms with E-state index in [2.05, 4.69) is 58.2 Å². The van der Waals surface area contributed by atoms with Gasteiger partial charge in [0.05, 0.1) is 0 Å². The molecule has 0 spiro atoms. The molecule has 1 N–H and O–H groups in total. The molecular formula is C23H39NO3P+. The van der Waals surface area contributed by atoms with Gasteiger partial charge >= 0.3 is 8.69 Å². The molecule has 0 aliphatic heterocycles. The maximum atomic E-state index is 11.6. The maximum Gasteiger partial charge on any atom is 0.494 e. The third kappa shape index (κ3) is 15.5. The van der Waals surface area contributed by atoms with E-state index < -0.39 is 14.8 Å². The quantitative estimate of drug-likeness (QED) is 0.260. The first-order chi connectivity index (χ1) is 13.3. The Hall–Kier alpha value is -1.51. The van der Waals surface area contributed by atoms with E-state index in [0.717, 1.165) is 38.5 Å². The summed E-state index contributed by atoms with van der Waals surface area (Å²) in [6.07, 6.45) is 14.8. The van der Waals surface area contributed by atoms with Crippen LogP contribution in [0.4, 0.5) is 0 Å². The van der Waals surface area contributed by atoms with Crippen LogP contribution >= 0.6 is 8.69 Å². The molecule has 5 heteroatoms. The average Bonchev–Trinajstić information content (AvgIpc) is 2.61. The van der Waals surface area contributed by atoms with Gasteiger partial charge in [0.2, 0.25) is 0 Å². The Balaban J connectivity index is 4.07. The molecule has 0 saturated carbocycles. The summed E-state index contributed by atoms with van der Waals surface area (Å²) in [5, 5.41) is 2.76. The number of carbonyl (C=O) groups excluding carboxylic acids is 1. The third-order valence-corrected chi connectivity index (χ3v) is 4.92. The van der Waals surface area contributed by atoms with Gasteiger partial charge in [-0.2, -0.15) is 0 Å². The van der Waals surface area contributed by atoms with E-state index in [1.165, 1.54) is 22.3 Å². The summed E-state index contributed by atoms with van der Waals surface area (Å²) in [6.45, 7) is 12.8. The fourth-order valence-corrected chi connectivity index (χ4v) is 2.83. The van der Waals surface area contributed by atoms with E-state index >= 15 is 0 Å². The molecule has 2 unspecified atom stereocenters. The zero-order valence-corrected chi connectivity index (χ0v) is 19.6. The molecule has 0 aromatic rings.